The highest BCUT2D eigenvalue weighted by Gasteiger charge is 2.33. The van der Waals surface area contributed by atoms with Crippen LogP contribution in [0.4, 0.5) is 13.2 Å². The highest BCUT2D eigenvalue weighted by Crippen LogP contribution is 2.37. The summed E-state index contributed by atoms with van der Waals surface area (Å²) in [5.41, 5.74) is 2.29. The summed E-state index contributed by atoms with van der Waals surface area (Å²) in [6, 6.07) is 7.96. The van der Waals surface area contributed by atoms with E-state index in [9.17, 15) is 18.0 Å². The molecule has 0 saturated heterocycles. The van der Waals surface area contributed by atoms with E-state index in [1.165, 1.54) is 57.1 Å². The van der Waals surface area contributed by atoms with Crippen molar-refractivity contribution in [2.24, 2.45) is 11.8 Å². The van der Waals surface area contributed by atoms with E-state index in [-0.39, 0.29) is 11.7 Å². The lowest BCUT2D eigenvalue weighted by Crippen LogP contribution is -2.29. The number of carbonyl (C=O) groups is 1. The topological polar surface area (TPSA) is 43.3 Å². The Hall–Kier alpha value is -2.44. The first kappa shape index (κ1) is 25.6. The fourth-order valence-corrected chi connectivity index (χ4v) is 5.75. The number of ether oxygens (including phenoxy) is 1. The number of aromatic nitrogens is 1. The number of nitrogens with zero attached hydrogens (tertiary/aromatic N) is 1. The molecule has 2 saturated carbocycles. The number of hydrogen-bond donors (Lipinski definition) is 1. The predicted molar refractivity (Wildman–Crippen MR) is 131 cm³/mol. The molecule has 2 aliphatic rings. The first-order valence-corrected chi connectivity index (χ1v) is 13.2. The molecule has 35 heavy (non-hydrogen) atoms. The minimum atomic E-state index is -4.79. The molecule has 0 atom stereocenters. The molecule has 0 bridgehead atoms. The zero-order chi connectivity index (χ0) is 24.8. The van der Waals surface area contributed by atoms with Gasteiger partial charge in [0.1, 0.15) is 5.75 Å². The van der Waals surface area contributed by atoms with E-state index in [0.717, 1.165) is 31.4 Å². The normalized spacial score (nSPS) is 18.3. The smallest absolute Gasteiger partial charge is 0.405 e. The SMILES string of the molecule is Cc1c(C(=O)NCC2CCCCCC2)cc(-c2ccccc2OC(F)(F)F)n1CC1CCCCC1. The van der Waals surface area contributed by atoms with Gasteiger partial charge in [-0.3, -0.25) is 4.79 Å². The molecule has 1 aromatic heterocycles. The quantitative estimate of drug-likeness (QED) is 0.405. The van der Waals surface area contributed by atoms with Crippen LogP contribution in [-0.4, -0.2) is 23.4 Å². The molecule has 7 heteroatoms. The molecule has 2 aliphatic carbocycles. The van der Waals surface area contributed by atoms with Gasteiger partial charge in [-0.25, -0.2) is 0 Å². The number of amides is 1. The van der Waals surface area contributed by atoms with Crippen LogP contribution >= 0.6 is 0 Å². The Morgan fingerprint density at radius 1 is 0.971 bits per heavy atom. The predicted octanol–water partition coefficient (Wildman–Crippen LogP) is 7.64. The second-order valence-corrected chi connectivity index (χ2v) is 10.3. The molecule has 0 spiro atoms. The molecule has 1 N–H and O–H groups in total. The summed E-state index contributed by atoms with van der Waals surface area (Å²) in [6.45, 7) is 3.24. The van der Waals surface area contributed by atoms with Crippen molar-refractivity contribution >= 4 is 5.91 Å². The van der Waals surface area contributed by atoms with E-state index >= 15 is 0 Å². The van der Waals surface area contributed by atoms with Crippen molar-refractivity contribution in [1.82, 2.24) is 9.88 Å². The minimum Gasteiger partial charge on any atom is -0.405 e. The third-order valence-electron chi connectivity index (χ3n) is 7.69. The number of halogens is 3. The third-order valence-corrected chi connectivity index (χ3v) is 7.69. The standard InChI is InChI=1S/C28H37F3N2O2/c1-20-24(27(34)32-18-21-11-5-2-3-6-12-21)17-25(33(20)19-22-13-7-4-8-14-22)23-15-9-10-16-26(23)35-28(29,30)31/h9-10,15-17,21-22H,2-8,11-14,18-19H2,1H3,(H,32,34). The van der Waals surface area contributed by atoms with Crippen molar-refractivity contribution in [3.8, 4) is 17.0 Å². The molecular weight excluding hydrogens is 453 g/mol. The average molecular weight is 491 g/mol. The fourth-order valence-electron chi connectivity index (χ4n) is 5.75. The first-order valence-electron chi connectivity index (χ1n) is 13.2. The molecule has 4 nitrogen and oxygen atoms in total. The molecule has 1 aromatic carbocycles. The Balaban J connectivity index is 1.63. The van der Waals surface area contributed by atoms with Crippen LogP contribution in [-0.2, 0) is 6.54 Å². The Morgan fingerprint density at radius 3 is 2.23 bits per heavy atom. The van der Waals surface area contributed by atoms with E-state index in [1.807, 2.05) is 11.5 Å². The summed E-state index contributed by atoms with van der Waals surface area (Å²) in [4.78, 5) is 13.3. The molecule has 0 aliphatic heterocycles. The number of nitrogens with one attached hydrogen (secondary N) is 1. The van der Waals surface area contributed by atoms with Gasteiger partial charge in [-0.15, -0.1) is 13.2 Å². The lowest BCUT2D eigenvalue weighted by molar-refractivity contribution is -0.274. The van der Waals surface area contributed by atoms with Crippen LogP contribution in [0.15, 0.2) is 30.3 Å². The van der Waals surface area contributed by atoms with Gasteiger partial charge in [0.25, 0.3) is 5.91 Å². The van der Waals surface area contributed by atoms with Gasteiger partial charge >= 0.3 is 6.36 Å². The van der Waals surface area contributed by atoms with Crippen LogP contribution in [0.3, 0.4) is 0 Å². The number of hydrogen-bond acceptors (Lipinski definition) is 2. The zero-order valence-corrected chi connectivity index (χ0v) is 20.6. The van der Waals surface area contributed by atoms with Gasteiger partial charge in [0, 0.05) is 24.3 Å². The number of rotatable bonds is 7. The van der Waals surface area contributed by atoms with Crippen molar-refractivity contribution in [2.45, 2.75) is 90.5 Å². The Kier molecular flexibility index (Phi) is 8.45. The molecule has 2 fully saturated rings. The van der Waals surface area contributed by atoms with Crippen LogP contribution < -0.4 is 10.1 Å². The summed E-state index contributed by atoms with van der Waals surface area (Å²) in [5.74, 6) is 0.551. The lowest BCUT2D eigenvalue weighted by Gasteiger charge is -2.24. The molecule has 2 aromatic rings. The van der Waals surface area contributed by atoms with Gasteiger partial charge in [0.2, 0.25) is 0 Å². The molecule has 192 valence electrons. The van der Waals surface area contributed by atoms with Gasteiger partial charge in [0.15, 0.2) is 0 Å². The van der Waals surface area contributed by atoms with Gasteiger partial charge in [-0.05, 0) is 62.6 Å². The van der Waals surface area contributed by atoms with Crippen LogP contribution in [0.2, 0.25) is 0 Å². The van der Waals surface area contributed by atoms with Crippen LogP contribution in [0.25, 0.3) is 11.3 Å². The van der Waals surface area contributed by atoms with E-state index < -0.39 is 6.36 Å². The van der Waals surface area contributed by atoms with Crippen molar-refractivity contribution < 1.29 is 22.7 Å². The van der Waals surface area contributed by atoms with Crippen LogP contribution in [0, 0.1) is 18.8 Å². The number of benzene rings is 1. The zero-order valence-electron chi connectivity index (χ0n) is 20.6. The first-order chi connectivity index (χ1) is 16.8. The van der Waals surface area contributed by atoms with Gasteiger partial charge in [-0.2, -0.15) is 0 Å². The fraction of sp³-hybridized carbons (Fsp3) is 0.607. The molecule has 0 radical (unpaired) electrons. The molecule has 1 amide bonds. The molecule has 4 rings (SSSR count). The van der Waals surface area contributed by atoms with Crippen LogP contribution in [0.5, 0.6) is 5.75 Å². The summed E-state index contributed by atoms with van der Waals surface area (Å²) >= 11 is 0. The number of carbonyl (C=O) groups excluding carboxylic acids is 1. The highest BCUT2D eigenvalue weighted by molar-refractivity contribution is 5.97. The summed E-state index contributed by atoms with van der Waals surface area (Å²) < 4.78 is 45.8. The maximum atomic E-state index is 13.3. The average Bonchev–Trinajstić information content (AvgIpc) is 2.99. The minimum absolute atomic E-state index is 0.149. The number of alkyl halides is 3. The largest absolute Gasteiger partial charge is 0.573 e. The number of para-hydroxylation sites is 1. The van der Waals surface area contributed by atoms with Gasteiger partial charge in [-0.1, -0.05) is 57.1 Å². The van der Waals surface area contributed by atoms with Crippen molar-refractivity contribution in [2.75, 3.05) is 6.54 Å². The van der Waals surface area contributed by atoms with E-state index in [0.29, 0.717) is 41.7 Å². The monoisotopic (exact) mass is 490 g/mol. The van der Waals surface area contributed by atoms with Crippen LogP contribution in [0.1, 0.15) is 86.7 Å². The summed E-state index contributed by atoms with van der Waals surface area (Å²) in [6.07, 6.45) is 8.18. The maximum absolute atomic E-state index is 13.3. The molecular formula is C28H37F3N2O2. The summed E-state index contributed by atoms with van der Waals surface area (Å²) in [7, 11) is 0. The van der Waals surface area contributed by atoms with E-state index in [4.69, 9.17) is 0 Å². The summed E-state index contributed by atoms with van der Waals surface area (Å²) in [5, 5.41) is 3.12. The maximum Gasteiger partial charge on any atom is 0.573 e. The second-order valence-electron chi connectivity index (χ2n) is 10.3. The van der Waals surface area contributed by atoms with Gasteiger partial charge < -0.3 is 14.6 Å². The Bertz CT molecular complexity index is 985. The van der Waals surface area contributed by atoms with E-state index in [2.05, 4.69) is 10.1 Å². The van der Waals surface area contributed by atoms with Crippen molar-refractivity contribution in [3.05, 3.63) is 41.6 Å². The van der Waals surface area contributed by atoms with E-state index in [1.54, 1.807) is 18.2 Å². The molecule has 1 heterocycles. The lowest BCUT2D eigenvalue weighted by atomic mass is 9.89. The molecule has 0 unspecified atom stereocenters. The van der Waals surface area contributed by atoms with Gasteiger partial charge in [0.05, 0.1) is 11.3 Å². The van der Waals surface area contributed by atoms with Crippen molar-refractivity contribution in [3.63, 3.8) is 0 Å². The third kappa shape index (κ3) is 6.83. The Labute approximate surface area is 206 Å². The van der Waals surface area contributed by atoms with Crippen molar-refractivity contribution in [1.29, 1.82) is 0 Å². The second kappa shape index (κ2) is 11.5. The Morgan fingerprint density at radius 2 is 1.57 bits per heavy atom. The highest BCUT2D eigenvalue weighted by atomic mass is 19.4.